The Balaban J connectivity index is 2.07. The van der Waals surface area contributed by atoms with E-state index in [2.05, 4.69) is 11.6 Å². The molecule has 0 aliphatic carbocycles. The van der Waals surface area contributed by atoms with Gasteiger partial charge in [0.05, 0.1) is 5.69 Å². The molecule has 1 N–H and O–H groups in total. The van der Waals surface area contributed by atoms with E-state index < -0.39 is 0 Å². The number of hydrogen-bond donors (Lipinski definition) is 1. The van der Waals surface area contributed by atoms with Crippen LogP contribution in [-0.2, 0) is 0 Å². The van der Waals surface area contributed by atoms with Crippen LogP contribution in [0.5, 0.6) is 11.5 Å². The number of imidazole rings is 1. The number of pyridine rings is 1. The van der Waals surface area contributed by atoms with Crippen molar-refractivity contribution in [2.45, 2.75) is 0 Å². The summed E-state index contributed by atoms with van der Waals surface area (Å²) in [6, 6.07) is 13.0. The molecule has 0 bridgehead atoms. The van der Waals surface area contributed by atoms with Gasteiger partial charge in [-0.15, -0.1) is 0 Å². The third-order valence-electron chi connectivity index (χ3n) is 2.75. The summed E-state index contributed by atoms with van der Waals surface area (Å²) in [5, 5.41) is 9.63. The van der Waals surface area contributed by atoms with Crippen LogP contribution in [0.2, 0.25) is 0 Å². The number of rotatable bonds is 3. The number of para-hydroxylation sites is 1. The average Bonchev–Trinajstić information content (AvgIpc) is 2.87. The zero-order chi connectivity index (χ0) is 13.2. The molecule has 0 spiro atoms. The second kappa shape index (κ2) is 4.49. The van der Waals surface area contributed by atoms with E-state index in [9.17, 15) is 5.11 Å². The van der Waals surface area contributed by atoms with Gasteiger partial charge >= 0.3 is 0 Å². The second-order valence-corrected chi connectivity index (χ2v) is 4.09. The van der Waals surface area contributed by atoms with Crippen LogP contribution in [0.4, 0.5) is 0 Å². The van der Waals surface area contributed by atoms with Crippen molar-refractivity contribution in [3.63, 3.8) is 0 Å². The lowest BCUT2D eigenvalue weighted by atomic mass is 10.3. The monoisotopic (exact) mass is 252 g/mol. The quantitative estimate of drug-likeness (QED) is 0.724. The zero-order valence-corrected chi connectivity index (χ0v) is 10.2. The summed E-state index contributed by atoms with van der Waals surface area (Å²) in [7, 11) is 0. The molecule has 0 saturated heterocycles. The molecule has 0 unspecified atom stereocenters. The summed E-state index contributed by atoms with van der Waals surface area (Å²) in [5.74, 6) is 1.31. The molecule has 0 fully saturated rings. The SMILES string of the molecule is C=C(O)c1cc(Oc2ccccc2)cc2nccn12. The fourth-order valence-corrected chi connectivity index (χ4v) is 1.90. The Labute approximate surface area is 110 Å². The van der Waals surface area contributed by atoms with E-state index in [1.165, 1.54) is 0 Å². The molecule has 19 heavy (non-hydrogen) atoms. The third kappa shape index (κ3) is 2.15. The minimum absolute atomic E-state index is 0.0264. The fourth-order valence-electron chi connectivity index (χ4n) is 1.90. The van der Waals surface area contributed by atoms with E-state index in [1.54, 1.807) is 28.9 Å². The standard InChI is InChI=1S/C15H12N2O2/c1-11(18)14-9-13(10-15-16-7-8-17(14)15)19-12-5-3-2-4-6-12/h2-10,18H,1H2. The summed E-state index contributed by atoms with van der Waals surface area (Å²) in [6.07, 6.45) is 3.42. The summed E-state index contributed by atoms with van der Waals surface area (Å²) in [4.78, 5) is 4.19. The number of fused-ring (bicyclic) bond motifs is 1. The van der Waals surface area contributed by atoms with Crippen molar-refractivity contribution in [2.75, 3.05) is 0 Å². The summed E-state index contributed by atoms with van der Waals surface area (Å²) in [6.45, 7) is 3.55. The van der Waals surface area contributed by atoms with Crippen molar-refractivity contribution in [1.82, 2.24) is 9.38 Å². The molecule has 3 rings (SSSR count). The van der Waals surface area contributed by atoms with Crippen LogP contribution in [0.1, 0.15) is 5.69 Å². The van der Waals surface area contributed by atoms with Crippen molar-refractivity contribution < 1.29 is 9.84 Å². The number of aliphatic hydroxyl groups is 1. The minimum atomic E-state index is -0.0264. The smallest absolute Gasteiger partial charge is 0.140 e. The Hall–Kier alpha value is -2.75. The van der Waals surface area contributed by atoms with Gasteiger partial charge in [-0.2, -0.15) is 0 Å². The molecule has 1 aromatic carbocycles. The highest BCUT2D eigenvalue weighted by molar-refractivity contribution is 5.60. The molecular weight excluding hydrogens is 240 g/mol. The number of hydrogen-bond acceptors (Lipinski definition) is 3. The zero-order valence-electron chi connectivity index (χ0n) is 10.2. The first kappa shape index (κ1) is 11.3. The van der Waals surface area contributed by atoms with Crippen molar-refractivity contribution in [1.29, 1.82) is 0 Å². The first-order valence-electron chi connectivity index (χ1n) is 5.82. The Bertz CT molecular complexity index is 732. The maximum Gasteiger partial charge on any atom is 0.140 e. The third-order valence-corrected chi connectivity index (χ3v) is 2.75. The molecule has 0 radical (unpaired) electrons. The number of aromatic nitrogens is 2. The molecule has 0 amide bonds. The number of aliphatic hydroxyl groups excluding tert-OH is 1. The molecule has 0 atom stereocenters. The lowest BCUT2D eigenvalue weighted by Crippen LogP contribution is -1.96. The normalized spacial score (nSPS) is 10.5. The minimum Gasteiger partial charge on any atom is -0.506 e. The Morgan fingerprint density at radius 2 is 1.95 bits per heavy atom. The maximum absolute atomic E-state index is 9.63. The number of benzene rings is 1. The Kier molecular flexibility index (Phi) is 2.68. The molecule has 3 aromatic rings. The highest BCUT2D eigenvalue weighted by Gasteiger charge is 2.08. The predicted molar refractivity (Wildman–Crippen MR) is 73.4 cm³/mol. The van der Waals surface area contributed by atoms with Crippen LogP contribution in [0.15, 0.2) is 61.4 Å². The molecule has 2 heterocycles. The van der Waals surface area contributed by atoms with Crippen LogP contribution in [0.25, 0.3) is 11.4 Å². The molecule has 4 nitrogen and oxygen atoms in total. The molecule has 94 valence electrons. The van der Waals surface area contributed by atoms with Gasteiger partial charge in [-0.25, -0.2) is 4.98 Å². The van der Waals surface area contributed by atoms with Gasteiger partial charge in [0, 0.05) is 24.5 Å². The van der Waals surface area contributed by atoms with E-state index in [0.29, 0.717) is 17.1 Å². The van der Waals surface area contributed by atoms with Crippen LogP contribution in [0.3, 0.4) is 0 Å². The largest absolute Gasteiger partial charge is 0.506 e. The van der Waals surface area contributed by atoms with Crippen molar-refractivity contribution in [2.24, 2.45) is 0 Å². The molecule has 0 aliphatic heterocycles. The van der Waals surface area contributed by atoms with Gasteiger partial charge in [-0.05, 0) is 12.1 Å². The fraction of sp³-hybridized carbons (Fsp3) is 0. The van der Waals surface area contributed by atoms with Crippen molar-refractivity contribution in [3.05, 3.63) is 67.1 Å². The van der Waals surface area contributed by atoms with Gasteiger partial charge in [0.25, 0.3) is 0 Å². The second-order valence-electron chi connectivity index (χ2n) is 4.09. The highest BCUT2D eigenvalue weighted by atomic mass is 16.5. The summed E-state index contributed by atoms with van der Waals surface area (Å²) < 4.78 is 7.49. The molecule has 0 aliphatic rings. The van der Waals surface area contributed by atoms with E-state index in [0.717, 1.165) is 5.75 Å². The lowest BCUT2D eigenvalue weighted by Gasteiger charge is -2.09. The van der Waals surface area contributed by atoms with Gasteiger partial charge in [0.2, 0.25) is 0 Å². The van der Waals surface area contributed by atoms with Crippen LogP contribution in [0, 0.1) is 0 Å². The lowest BCUT2D eigenvalue weighted by molar-refractivity contribution is 0.478. The van der Waals surface area contributed by atoms with Gasteiger partial charge in [0.1, 0.15) is 22.9 Å². The average molecular weight is 252 g/mol. The Morgan fingerprint density at radius 1 is 1.16 bits per heavy atom. The van der Waals surface area contributed by atoms with Gasteiger partial charge in [-0.3, -0.25) is 4.40 Å². The van der Waals surface area contributed by atoms with E-state index in [-0.39, 0.29) is 5.76 Å². The number of nitrogens with zero attached hydrogens (tertiary/aromatic N) is 2. The molecule has 2 aromatic heterocycles. The van der Waals surface area contributed by atoms with Crippen molar-refractivity contribution >= 4 is 11.4 Å². The maximum atomic E-state index is 9.63. The first-order valence-corrected chi connectivity index (χ1v) is 5.82. The molecule has 0 saturated carbocycles. The molecular formula is C15H12N2O2. The Morgan fingerprint density at radius 3 is 2.68 bits per heavy atom. The molecule has 4 heteroatoms. The van der Waals surface area contributed by atoms with Gasteiger partial charge in [0.15, 0.2) is 0 Å². The summed E-state index contributed by atoms with van der Waals surface area (Å²) >= 11 is 0. The van der Waals surface area contributed by atoms with Crippen molar-refractivity contribution in [3.8, 4) is 11.5 Å². The highest BCUT2D eigenvalue weighted by Crippen LogP contribution is 2.25. The van der Waals surface area contributed by atoms with Crippen LogP contribution >= 0.6 is 0 Å². The topological polar surface area (TPSA) is 46.8 Å². The van der Waals surface area contributed by atoms with Gasteiger partial charge in [-0.1, -0.05) is 24.8 Å². The van der Waals surface area contributed by atoms with E-state index in [1.807, 2.05) is 30.3 Å². The van der Waals surface area contributed by atoms with Crippen LogP contribution in [-0.4, -0.2) is 14.5 Å². The number of ether oxygens (including phenoxy) is 1. The summed E-state index contributed by atoms with van der Waals surface area (Å²) in [5.41, 5.74) is 1.25. The van der Waals surface area contributed by atoms with Gasteiger partial charge < -0.3 is 9.84 Å². The van der Waals surface area contributed by atoms with Crippen LogP contribution < -0.4 is 4.74 Å². The predicted octanol–water partition coefficient (Wildman–Crippen LogP) is 3.66. The van der Waals surface area contributed by atoms with E-state index >= 15 is 0 Å². The van der Waals surface area contributed by atoms with E-state index in [4.69, 9.17) is 4.74 Å². The first-order chi connectivity index (χ1) is 9.24.